The van der Waals surface area contributed by atoms with Crippen LogP contribution in [0.25, 0.3) is 43.8 Å². The summed E-state index contributed by atoms with van der Waals surface area (Å²) >= 11 is 0. The van der Waals surface area contributed by atoms with Crippen molar-refractivity contribution in [1.82, 2.24) is 0 Å². The first-order chi connectivity index (χ1) is 13.7. The number of hydrogen-bond donors (Lipinski definition) is 0. The topological polar surface area (TPSA) is 0 Å². The molecule has 0 aliphatic heterocycles. The third-order valence-electron chi connectivity index (χ3n) is 5.76. The molecule has 0 fully saturated rings. The quantitative estimate of drug-likeness (QED) is 0.281. The van der Waals surface area contributed by atoms with Crippen LogP contribution in [0.2, 0.25) is 0 Å². The maximum atomic E-state index is 2.26. The SMILES string of the molecule is Cc1ccc(-c2ccc(-c3c4ccccc4c(C)c4ccccc34)cc2)cc1. The molecule has 5 rings (SSSR count). The van der Waals surface area contributed by atoms with Gasteiger partial charge in [0, 0.05) is 0 Å². The van der Waals surface area contributed by atoms with Gasteiger partial charge in [-0.3, -0.25) is 0 Å². The molecule has 0 amide bonds. The molecule has 134 valence electrons. The monoisotopic (exact) mass is 358 g/mol. The molecule has 0 unspecified atom stereocenters. The first kappa shape index (κ1) is 16.8. The van der Waals surface area contributed by atoms with E-state index in [1.165, 1.54) is 54.9 Å². The molecule has 5 aromatic carbocycles. The molecule has 0 heterocycles. The van der Waals surface area contributed by atoms with Gasteiger partial charge in [-0.15, -0.1) is 0 Å². The molecule has 0 heteroatoms. The predicted molar refractivity (Wildman–Crippen MR) is 122 cm³/mol. The van der Waals surface area contributed by atoms with E-state index >= 15 is 0 Å². The summed E-state index contributed by atoms with van der Waals surface area (Å²) in [7, 11) is 0. The summed E-state index contributed by atoms with van der Waals surface area (Å²) in [6, 6.07) is 35.3. The van der Waals surface area contributed by atoms with Crippen LogP contribution in [0.3, 0.4) is 0 Å². The highest BCUT2D eigenvalue weighted by Gasteiger charge is 2.12. The number of fused-ring (bicyclic) bond motifs is 2. The predicted octanol–water partition coefficient (Wildman–Crippen LogP) is 7.94. The van der Waals surface area contributed by atoms with Gasteiger partial charge < -0.3 is 0 Å². The van der Waals surface area contributed by atoms with Gasteiger partial charge in [0.1, 0.15) is 0 Å². The van der Waals surface area contributed by atoms with E-state index in [0.717, 1.165) is 0 Å². The fourth-order valence-electron chi connectivity index (χ4n) is 4.23. The fourth-order valence-corrected chi connectivity index (χ4v) is 4.23. The Hall–Kier alpha value is -3.38. The number of rotatable bonds is 2. The van der Waals surface area contributed by atoms with Gasteiger partial charge in [0.2, 0.25) is 0 Å². The zero-order valence-corrected chi connectivity index (χ0v) is 16.2. The van der Waals surface area contributed by atoms with Crippen molar-refractivity contribution in [3.63, 3.8) is 0 Å². The summed E-state index contributed by atoms with van der Waals surface area (Å²) in [6.07, 6.45) is 0. The first-order valence-electron chi connectivity index (χ1n) is 9.80. The van der Waals surface area contributed by atoms with E-state index in [2.05, 4.69) is 111 Å². The Morgan fingerprint density at radius 3 is 1.29 bits per heavy atom. The van der Waals surface area contributed by atoms with Crippen molar-refractivity contribution in [2.45, 2.75) is 13.8 Å². The molecule has 0 spiro atoms. The lowest BCUT2D eigenvalue weighted by Gasteiger charge is -2.15. The summed E-state index contributed by atoms with van der Waals surface area (Å²) in [5, 5.41) is 5.31. The second-order valence-electron chi connectivity index (χ2n) is 7.53. The van der Waals surface area contributed by atoms with Gasteiger partial charge in [-0.05, 0) is 63.2 Å². The lowest BCUT2D eigenvalue weighted by molar-refractivity contribution is 1.47. The van der Waals surface area contributed by atoms with Gasteiger partial charge in [0.05, 0.1) is 0 Å². The van der Waals surface area contributed by atoms with Crippen molar-refractivity contribution in [2.24, 2.45) is 0 Å². The van der Waals surface area contributed by atoms with Crippen LogP contribution in [-0.2, 0) is 0 Å². The van der Waals surface area contributed by atoms with E-state index in [0.29, 0.717) is 0 Å². The van der Waals surface area contributed by atoms with Gasteiger partial charge in [-0.1, -0.05) is 103 Å². The molecule has 0 saturated heterocycles. The summed E-state index contributed by atoms with van der Waals surface area (Å²) in [5.41, 5.74) is 7.75. The molecule has 0 aliphatic rings. The van der Waals surface area contributed by atoms with E-state index in [-0.39, 0.29) is 0 Å². The molecule has 0 nitrogen and oxygen atoms in total. The highest BCUT2D eigenvalue weighted by atomic mass is 14.2. The number of hydrogen-bond acceptors (Lipinski definition) is 0. The van der Waals surface area contributed by atoms with E-state index < -0.39 is 0 Å². The van der Waals surface area contributed by atoms with Gasteiger partial charge in [0.15, 0.2) is 0 Å². The smallest absolute Gasteiger partial charge is 0.00266 e. The minimum absolute atomic E-state index is 1.25. The van der Waals surface area contributed by atoms with Crippen LogP contribution in [0.1, 0.15) is 11.1 Å². The molecular formula is C28H22. The molecule has 28 heavy (non-hydrogen) atoms. The Morgan fingerprint density at radius 1 is 0.393 bits per heavy atom. The van der Waals surface area contributed by atoms with E-state index in [9.17, 15) is 0 Å². The highest BCUT2D eigenvalue weighted by molar-refractivity contribution is 6.14. The summed E-state index contributed by atoms with van der Waals surface area (Å²) in [6.45, 7) is 4.36. The molecular weight excluding hydrogens is 336 g/mol. The molecule has 0 atom stereocenters. The zero-order chi connectivity index (χ0) is 19.1. The van der Waals surface area contributed by atoms with Crippen LogP contribution >= 0.6 is 0 Å². The van der Waals surface area contributed by atoms with Crippen molar-refractivity contribution in [3.05, 3.63) is 108 Å². The van der Waals surface area contributed by atoms with Crippen molar-refractivity contribution >= 4 is 21.5 Å². The largest absolute Gasteiger partial charge is 0.0616 e. The second-order valence-corrected chi connectivity index (χ2v) is 7.53. The standard InChI is InChI=1S/C28H22/c1-19-11-13-21(14-12-19)22-15-17-23(18-16-22)28-26-9-5-3-7-24(26)20(2)25-8-4-6-10-27(25)28/h3-18H,1-2H3. The Morgan fingerprint density at radius 2 is 0.786 bits per heavy atom. The van der Waals surface area contributed by atoms with Crippen molar-refractivity contribution in [2.75, 3.05) is 0 Å². The third kappa shape index (κ3) is 2.70. The van der Waals surface area contributed by atoms with Crippen LogP contribution in [0.4, 0.5) is 0 Å². The lowest BCUT2D eigenvalue weighted by Crippen LogP contribution is -1.89. The maximum absolute atomic E-state index is 2.26. The molecule has 0 bridgehead atoms. The van der Waals surface area contributed by atoms with Crippen LogP contribution in [0.15, 0.2) is 97.1 Å². The lowest BCUT2D eigenvalue weighted by atomic mass is 9.88. The summed E-state index contributed by atoms with van der Waals surface area (Å²) in [5.74, 6) is 0. The van der Waals surface area contributed by atoms with Crippen LogP contribution in [-0.4, -0.2) is 0 Å². The van der Waals surface area contributed by atoms with Crippen LogP contribution in [0.5, 0.6) is 0 Å². The van der Waals surface area contributed by atoms with Crippen LogP contribution < -0.4 is 0 Å². The summed E-state index contributed by atoms with van der Waals surface area (Å²) in [4.78, 5) is 0. The fraction of sp³-hybridized carbons (Fsp3) is 0.0714. The van der Waals surface area contributed by atoms with Crippen molar-refractivity contribution < 1.29 is 0 Å². The second kappa shape index (κ2) is 6.65. The Kier molecular flexibility index (Phi) is 3.98. The van der Waals surface area contributed by atoms with Crippen molar-refractivity contribution in [3.8, 4) is 22.3 Å². The molecule has 0 radical (unpaired) electrons. The average molecular weight is 358 g/mol. The third-order valence-corrected chi connectivity index (χ3v) is 5.76. The Balaban J connectivity index is 1.74. The highest BCUT2D eigenvalue weighted by Crippen LogP contribution is 2.39. The maximum Gasteiger partial charge on any atom is -0.00266 e. The number of benzene rings is 5. The van der Waals surface area contributed by atoms with E-state index in [4.69, 9.17) is 0 Å². The Labute approximate surface area is 166 Å². The van der Waals surface area contributed by atoms with Gasteiger partial charge in [0.25, 0.3) is 0 Å². The van der Waals surface area contributed by atoms with E-state index in [1.54, 1.807) is 0 Å². The molecule has 5 aromatic rings. The van der Waals surface area contributed by atoms with Crippen LogP contribution in [0, 0.1) is 13.8 Å². The zero-order valence-electron chi connectivity index (χ0n) is 16.2. The molecule has 0 aromatic heterocycles. The minimum Gasteiger partial charge on any atom is -0.0616 e. The first-order valence-corrected chi connectivity index (χ1v) is 9.80. The molecule has 0 aliphatic carbocycles. The van der Waals surface area contributed by atoms with Gasteiger partial charge >= 0.3 is 0 Å². The molecule has 0 N–H and O–H groups in total. The van der Waals surface area contributed by atoms with Gasteiger partial charge in [-0.2, -0.15) is 0 Å². The van der Waals surface area contributed by atoms with E-state index in [1.807, 2.05) is 0 Å². The molecule has 0 saturated carbocycles. The number of aryl methyl sites for hydroxylation is 2. The normalized spacial score (nSPS) is 11.2. The van der Waals surface area contributed by atoms with Gasteiger partial charge in [-0.25, -0.2) is 0 Å². The minimum atomic E-state index is 1.25. The Bertz CT molecular complexity index is 1230. The van der Waals surface area contributed by atoms with Crippen molar-refractivity contribution in [1.29, 1.82) is 0 Å². The average Bonchev–Trinajstić information content (AvgIpc) is 2.75. The summed E-state index contributed by atoms with van der Waals surface area (Å²) < 4.78 is 0.